The number of hydrogen-bond acceptors (Lipinski definition) is 2. The maximum absolute atomic E-state index is 5.41. The van der Waals surface area contributed by atoms with Gasteiger partial charge in [-0.15, -0.1) is 0 Å². The zero-order valence-electron chi connectivity index (χ0n) is 13.8. The fraction of sp³-hybridized carbons (Fsp3) is 0.667. The highest BCUT2D eigenvalue weighted by molar-refractivity contribution is 5.49. The molecule has 1 heterocycles. The topological polar surface area (TPSA) is 12.5 Å². The van der Waals surface area contributed by atoms with Gasteiger partial charge in [-0.3, -0.25) is 4.90 Å². The van der Waals surface area contributed by atoms with Gasteiger partial charge < -0.3 is 4.74 Å². The van der Waals surface area contributed by atoms with Crippen LogP contribution in [0.15, 0.2) is 0 Å². The van der Waals surface area contributed by atoms with Crippen molar-refractivity contribution < 1.29 is 4.74 Å². The van der Waals surface area contributed by atoms with Gasteiger partial charge in [-0.05, 0) is 87.4 Å². The number of morpholine rings is 1. The van der Waals surface area contributed by atoms with E-state index in [1.165, 1.54) is 47.2 Å². The molecule has 1 saturated heterocycles. The molecule has 1 aromatic carbocycles. The third kappa shape index (κ3) is 3.24. The second-order valence-electron chi connectivity index (χ2n) is 6.16. The van der Waals surface area contributed by atoms with Gasteiger partial charge in [-0.25, -0.2) is 0 Å². The van der Waals surface area contributed by atoms with Crippen molar-refractivity contribution in [1.29, 1.82) is 0 Å². The summed E-state index contributed by atoms with van der Waals surface area (Å²) >= 11 is 0. The highest BCUT2D eigenvalue weighted by Crippen LogP contribution is 2.27. The minimum Gasteiger partial charge on any atom is -0.379 e. The molecule has 1 aromatic rings. The maximum atomic E-state index is 5.41. The van der Waals surface area contributed by atoms with Crippen molar-refractivity contribution in [2.24, 2.45) is 0 Å². The first kappa shape index (κ1) is 15.5. The molecule has 1 fully saturated rings. The molecule has 0 bridgehead atoms. The molecule has 1 aliphatic rings. The van der Waals surface area contributed by atoms with Gasteiger partial charge in [0.1, 0.15) is 0 Å². The van der Waals surface area contributed by atoms with Crippen LogP contribution in [0.5, 0.6) is 0 Å². The van der Waals surface area contributed by atoms with Crippen LogP contribution < -0.4 is 0 Å². The van der Waals surface area contributed by atoms with Gasteiger partial charge >= 0.3 is 0 Å². The first-order chi connectivity index (χ1) is 9.52. The van der Waals surface area contributed by atoms with Crippen LogP contribution in [0.2, 0.25) is 0 Å². The predicted octanol–water partition coefficient (Wildman–Crippen LogP) is 3.49. The highest BCUT2D eigenvalue weighted by atomic mass is 16.5. The number of nitrogens with zero attached hydrogens (tertiary/aromatic N) is 1. The van der Waals surface area contributed by atoms with E-state index in [4.69, 9.17) is 4.74 Å². The van der Waals surface area contributed by atoms with E-state index in [2.05, 4.69) is 39.5 Å². The minimum atomic E-state index is 0.904. The number of rotatable bonds is 4. The van der Waals surface area contributed by atoms with Gasteiger partial charge in [0, 0.05) is 13.1 Å². The van der Waals surface area contributed by atoms with Crippen LogP contribution in [-0.2, 0) is 11.2 Å². The van der Waals surface area contributed by atoms with Crippen molar-refractivity contribution in [3.63, 3.8) is 0 Å². The largest absolute Gasteiger partial charge is 0.379 e. The van der Waals surface area contributed by atoms with Gasteiger partial charge in [0.25, 0.3) is 0 Å². The molecule has 0 spiro atoms. The minimum absolute atomic E-state index is 0.904. The normalized spacial score (nSPS) is 16.6. The Balaban J connectivity index is 2.02. The molecule has 112 valence electrons. The Morgan fingerprint density at radius 2 is 1.30 bits per heavy atom. The van der Waals surface area contributed by atoms with Crippen LogP contribution in [-0.4, -0.2) is 37.7 Å². The van der Waals surface area contributed by atoms with Crippen molar-refractivity contribution in [2.45, 2.75) is 47.5 Å². The van der Waals surface area contributed by atoms with Crippen LogP contribution >= 0.6 is 0 Å². The smallest absolute Gasteiger partial charge is 0.0594 e. The second kappa shape index (κ2) is 6.73. The van der Waals surface area contributed by atoms with Crippen LogP contribution in [0.3, 0.4) is 0 Å². The van der Waals surface area contributed by atoms with E-state index in [1.54, 1.807) is 5.56 Å². The molecular weight excluding hydrogens is 246 g/mol. The van der Waals surface area contributed by atoms with Gasteiger partial charge in [-0.1, -0.05) is 0 Å². The van der Waals surface area contributed by atoms with E-state index in [-0.39, 0.29) is 0 Å². The fourth-order valence-corrected chi connectivity index (χ4v) is 3.26. The van der Waals surface area contributed by atoms with E-state index in [1.807, 2.05) is 0 Å². The molecule has 0 atom stereocenters. The molecule has 20 heavy (non-hydrogen) atoms. The molecule has 0 saturated carbocycles. The van der Waals surface area contributed by atoms with Crippen molar-refractivity contribution in [3.05, 3.63) is 33.4 Å². The molecular formula is C18H29NO. The number of hydrogen-bond donors (Lipinski definition) is 0. The molecule has 1 aliphatic heterocycles. The third-order valence-corrected chi connectivity index (χ3v) is 5.16. The summed E-state index contributed by atoms with van der Waals surface area (Å²) in [6.07, 6.45) is 2.46. The van der Waals surface area contributed by atoms with Crippen molar-refractivity contribution >= 4 is 0 Å². The maximum Gasteiger partial charge on any atom is 0.0594 e. The lowest BCUT2D eigenvalue weighted by Crippen LogP contribution is -2.37. The van der Waals surface area contributed by atoms with E-state index in [9.17, 15) is 0 Å². The van der Waals surface area contributed by atoms with Crippen LogP contribution in [0.1, 0.15) is 39.8 Å². The molecule has 2 heteroatoms. The Kier molecular flexibility index (Phi) is 5.22. The Morgan fingerprint density at radius 3 is 1.85 bits per heavy atom. The summed E-state index contributed by atoms with van der Waals surface area (Å²) in [4.78, 5) is 2.53. The van der Waals surface area contributed by atoms with Crippen molar-refractivity contribution in [2.75, 3.05) is 32.8 Å². The lowest BCUT2D eigenvalue weighted by atomic mass is 9.87. The summed E-state index contributed by atoms with van der Waals surface area (Å²) in [6.45, 7) is 16.6. The molecule has 0 N–H and O–H groups in total. The summed E-state index contributed by atoms with van der Waals surface area (Å²) in [5.41, 5.74) is 9.03. The van der Waals surface area contributed by atoms with E-state index in [0.29, 0.717) is 0 Å². The van der Waals surface area contributed by atoms with Crippen molar-refractivity contribution in [1.82, 2.24) is 4.90 Å². The zero-order valence-corrected chi connectivity index (χ0v) is 13.8. The van der Waals surface area contributed by atoms with Crippen LogP contribution in [0.25, 0.3) is 0 Å². The summed E-state index contributed by atoms with van der Waals surface area (Å²) in [6, 6.07) is 0. The van der Waals surface area contributed by atoms with E-state index >= 15 is 0 Å². The summed E-state index contributed by atoms with van der Waals surface area (Å²) in [7, 11) is 0. The standard InChI is InChI=1S/C18H29NO/c1-13-14(2)16(4)18(17(5)15(13)3)7-6-8-19-9-11-20-12-10-19/h6-12H2,1-5H3. The molecule has 0 amide bonds. The fourth-order valence-electron chi connectivity index (χ4n) is 3.26. The van der Waals surface area contributed by atoms with Gasteiger partial charge in [0.15, 0.2) is 0 Å². The van der Waals surface area contributed by atoms with Gasteiger partial charge in [0.2, 0.25) is 0 Å². The third-order valence-electron chi connectivity index (χ3n) is 5.16. The molecule has 2 nitrogen and oxygen atoms in total. The molecule has 0 aromatic heterocycles. The van der Waals surface area contributed by atoms with E-state index in [0.717, 1.165) is 26.3 Å². The average molecular weight is 275 g/mol. The Morgan fingerprint density at radius 1 is 0.800 bits per heavy atom. The van der Waals surface area contributed by atoms with Gasteiger partial charge in [-0.2, -0.15) is 0 Å². The predicted molar refractivity (Wildman–Crippen MR) is 85.7 cm³/mol. The second-order valence-corrected chi connectivity index (χ2v) is 6.16. The molecule has 0 unspecified atom stereocenters. The first-order valence-electron chi connectivity index (χ1n) is 7.88. The van der Waals surface area contributed by atoms with Crippen LogP contribution in [0, 0.1) is 34.6 Å². The monoisotopic (exact) mass is 275 g/mol. The quantitative estimate of drug-likeness (QED) is 0.834. The average Bonchev–Trinajstić information content (AvgIpc) is 2.48. The summed E-state index contributed by atoms with van der Waals surface area (Å²) in [5, 5.41) is 0. The molecule has 0 radical (unpaired) electrons. The lowest BCUT2D eigenvalue weighted by Gasteiger charge is -2.27. The van der Waals surface area contributed by atoms with Crippen molar-refractivity contribution in [3.8, 4) is 0 Å². The summed E-state index contributed by atoms with van der Waals surface area (Å²) < 4.78 is 5.41. The first-order valence-corrected chi connectivity index (χ1v) is 7.88. The SMILES string of the molecule is Cc1c(C)c(C)c(CCCN2CCOCC2)c(C)c1C. The summed E-state index contributed by atoms with van der Waals surface area (Å²) in [5.74, 6) is 0. The Bertz CT molecular complexity index is 444. The Hall–Kier alpha value is -0.860. The zero-order chi connectivity index (χ0) is 14.7. The molecule has 0 aliphatic carbocycles. The van der Waals surface area contributed by atoms with E-state index < -0.39 is 0 Å². The number of benzene rings is 1. The molecule has 2 rings (SSSR count). The lowest BCUT2D eigenvalue weighted by molar-refractivity contribution is 0.0374. The number of ether oxygens (including phenoxy) is 1. The Labute approximate surface area is 124 Å². The van der Waals surface area contributed by atoms with Crippen LogP contribution in [0.4, 0.5) is 0 Å². The highest BCUT2D eigenvalue weighted by Gasteiger charge is 2.13. The van der Waals surface area contributed by atoms with Gasteiger partial charge in [0.05, 0.1) is 13.2 Å².